The fourth-order valence-corrected chi connectivity index (χ4v) is 4.96. The van der Waals surface area contributed by atoms with Crippen molar-refractivity contribution in [1.29, 1.82) is 5.26 Å². The molecule has 178 valence electrons. The van der Waals surface area contributed by atoms with Crippen LogP contribution >= 0.6 is 11.6 Å². The van der Waals surface area contributed by atoms with Crippen LogP contribution in [0.1, 0.15) is 11.6 Å². The first-order chi connectivity index (χ1) is 16.7. The monoisotopic (exact) mass is 509 g/mol. The zero-order valence-corrected chi connectivity index (χ0v) is 20.1. The number of aryl methyl sites for hydroxylation is 1. The Morgan fingerprint density at radius 2 is 1.97 bits per heavy atom. The van der Waals surface area contributed by atoms with Gasteiger partial charge in [0.15, 0.2) is 11.5 Å². The second-order valence-electron chi connectivity index (χ2n) is 7.69. The van der Waals surface area contributed by atoms with E-state index in [1.54, 1.807) is 18.3 Å². The van der Waals surface area contributed by atoms with Gasteiger partial charge in [0.05, 0.1) is 11.0 Å². The normalized spacial score (nSPS) is 12.3. The molecule has 0 spiro atoms. The first kappa shape index (κ1) is 24.3. The van der Waals surface area contributed by atoms with Crippen molar-refractivity contribution in [2.24, 2.45) is 0 Å². The van der Waals surface area contributed by atoms with Gasteiger partial charge in [-0.15, -0.1) is 0 Å². The molecule has 1 unspecified atom stereocenters. The maximum absolute atomic E-state index is 12.9. The Labute approximate surface area is 206 Å². The number of hydrogen-bond acceptors (Lipinski definition) is 7. The van der Waals surface area contributed by atoms with Gasteiger partial charge in [0.25, 0.3) is 0 Å². The van der Waals surface area contributed by atoms with Crippen LogP contribution in [0, 0.1) is 18.3 Å². The Morgan fingerprint density at radius 3 is 2.71 bits per heavy atom. The molecule has 35 heavy (non-hydrogen) atoms. The molecule has 0 radical (unpaired) electrons. The summed E-state index contributed by atoms with van der Waals surface area (Å²) in [5.41, 5.74) is 3.78. The highest BCUT2D eigenvalue weighted by atomic mass is 35.5. The molecule has 1 amide bonds. The predicted molar refractivity (Wildman–Crippen MR) is 130 cm³/mol. The van der Waals surface area contributed by atoms with Crippen LogP contribution in [0.5, 0.6) is 0 Å². The number of oxazole rings is 1. The minimum Gasteiger partial charge on any atom is -0.441 e. The SMILES string of the molecule is Cc1cc(-c2ccc3nc(CC(NS(=O)(=O)c4cccc(Cl)c4)C(=O)NCC#N)oc3c2)ccn1. The topological polar surface area (TPSA) is 138 Å². The lowest BCUT2D eigenvalue weighted by atomic mass is 10.1. The summed E-state index contributed by atoms with van der Waals surface area (Å²) in [6, 6.07) is 15.5. The Kier molecular flexibility index (Phi) is 7.12. The van der Waals surface area contributed by atoms with Gasteiger partial charge in [-0.25, -0.2) is 13.4 Å². The van der Waals surface area contributed by atoms with E-state index in [-0.39, 0.29) is 28.8 Å². The lowest BCUT2D eigenvalue weighted by Crippen LogP contribution is -2.48. The Balaban J connectivity index is 1.62. The molecule has 0 aliphatic carbocycles. The smallest absolute Gasteiger partial charge is 0.241 e. The van der Waals surface area contributed by atoms with Crippen molar-refractivity contribution in [3.63, 3.8) is 0 Å². The van der Waals surface area contributed by atoms with Crippen LogP contribution < -0.4 is 10.0 Å². The molecular weight excluding hydrogens is 490 g/mol. The molecule has 2 aromatic heterocycles. The van der Waals surface area contributed by atoms with E-state index in [1.807, 2.05) is 31.2 Å². The molecule has 0 saturated heterocycles. The summed E-state index contributed by atoms with van der Waals surface area (Å²) in [5.74, 6) is -0.527. The van der Waals surface area contributed by atoms with E-state index in [1.165, 1.54) is 24.3 Å². The summed E-state index contributed by atoms with van der Waals surface area (Å²) in [7, 11) is -4.10. The lowest BCUT2D eigenvalue weighted by Gasteiger charge is -2.16. The number of rotatable bonds is 8. The van der Waals surface area contributed by atoms with Gasteiger partial charge in [0.2, 0.25) is 15.9 Å². The third kappa shape index (κ3) is 5.84. The van der Waals surface area contributed by atoms with Gasteiger partial charge in [-0.3, -0.25) is 9.78 Å². The molecule has 0 bridgehead atoms. The molecule has 0 fully saturated rings. The average molecular weight is 510 g/mol. The van der Waals surface area contributed by atoms with Crippen LogP contribution in [0.4, 0.5) is 0 Å². The molecule has 1 atom stereocenters. The molecule has 2 N–H and O–H groups in total. The number of aromatic nitrogens is 2. The summed E-state index contributed by atoms with van der Waals surface area (Å²) in [6.07, 6.45) is 1.55. The number of nitrogens with one attached hydrogen (secondary N) is 2. The lowest BCUT2D eigenvalue weighted by molar-refractivity contribution is -0.122. The van der Waals surface area contributed by atoms with Crippen LogP contribution in [-0.4, -0.2) is 36.9 Å². The third-order valence-corrected chi connectivity index (χ3v) is 6.81. The molecule has 0 saturated carbocycles. The quantitative estimate of drug-likeness (QED) is 0.347. The maximum Gasteiger partial charge on any atom is 0.241 e. The largest absolute Gasteiger partial charge is 0.441 e. The number of pyridine rings is 1. The van der Waals surface area contributed by atoms with E-state index in [4.69, 9.17) is 21.3 Å². The van der Waals surface area contributed by atoms with Gasteiger partial charge in [0, 0.05) is 23.3 Å². The van der Waals surface area contributed by atoms with Gasteiger partial charge in [-0.2, -0.15) is 9.98 Å². The van der Waals surface area contributed by atoms with Gasteiger partial charge in [0.1, 0.15) is 18.1 Å². The van der Waals surface area contributed by atoms with E-state index < -0.39 is 22.0 Å². The van der Waals surface area contributed by atoms with Crippen molar-refractivity contribution in [2.75, 3.05) is 6.54 Å². The minimum absolute atomic E-state index is 0.0991. The van der Waals surface area contributed by atoms with Crippen molar-refractivity contribution in [2.45, 2.75) is 24.3 Å². The Morgan fingerprint density at radius 1 is 1.17 bits per heavy atom. The van der Waals surface area contributed by atoms with E-state index in [0.29, 0.717) is 11.1 Å². The number of benzene rings is 2. The molecule has 9 nitrogen and oxygen atoms in total. The highest BCUT2D eigenvalue weighted by molar-refractivity contribution is 7.89. The van der Waals surface area contributed by atoms with Gasteiger partial charge >= 0.3 is 0 Å². The van der Waals surface area contributed by atoms with Crippen molar-refractivity contribution < 1.29 is 17.6 Å². The molecule has 4 rings (SSSR count). The first-order valence-electron chi connectivity index (χ1n) is 10.5. The van der Waals surface area contributed by atoms with Gasteiger partial charge in [-0.1, -0.05) is 23.7 Å². The van der Waals surface area contributed by atoms with E-state index >= 15 is 0 Å². The van der Waals surface area contributed by atoms with Crippen LogP contribution in [-0.2, 0) is 21.2 Å². The van der Waals surface area contributed by atoms with Crippen molar-refractivity contribution in [3.8, 4) is 17.2 Å². The standard InChI is InChI=1S/C24H20ClN5O4S/c1-15-11-17(7-9-27-15)16-5-6-20-22(12-16)34-23(29-20)14-21(24(31)28-10-8-26)30-35(32,33)19-4-2-3-18(25)13-19/h2-7,9,11-13,21,30H,10,14H2,1H3,(H,28,31). The fourth-order valence-electron chi connectivity index (χ4n) is 3.47. The van der Waals surface area contributed by atoms with Crippen LogP contribution in [0.15, 0.2) is 70.1 Å². The zero-order valence-electron chi connectivity index (χ0n) is 18.5. The fraction of sp³-hybridized carbons (Fsp3) is 0.167. The average Bonchev–Trinajstić information content (AvgIpc) is 3.23. The van der Waals surface area contributed by atoms with Crippen LogP contribution in [0.3, 0.4) is 0 Å². The number of halogens is 1. The predicted octanol–water partition coefficient (Wildman–Crippen LogP) is 3.38. The zero-order chi connectivity index (χ0) is 25.0. The number of carbonyl (C=O) groups is 1. The highest BCUT2D eigenvalue weighted by Crippen LogP contribution is 2.26. The van der Waals surface area contributed by atoms with E-state index in [2.05, 4.69) is 20.0 Å². The Hall–Kier alpha value is -3.78. The molecule has 0 aliphatic heterocycles. The number of amides is 1. The molecule has 4 aromatic rings. The molecule has 2 heterocycles. The number of hydrogen-bond donors (Lipinski definition) is 2. The van der Waals surface area contributed by atoms with Crippen molar-refractivity contribution in [3.05, 3.63) is 77.4 Å². The number of fused-ring (bicyclic) bond motifs is 1. The molecule has 11 heteroatoms. The second kappa shape index (κ2) is 10.2. The molecule has 0 aliphatic rings. The van der Waals surface area contributed by atoms with Crippen LogP contribution in [0.2, 0.25) is 5.02 Å². The summed E-state index contributed by atoms with van der Waals surface area (Å²) >= 11 is 5.92. The Bertz CT molecular complexity index is 1550. The van der Waals surface area contributed by atoms with Gasteiger partial charge in [-0.05, 0) is 60.5 Å². The first-order valence-corrected chi connectivity index (χ1v) is 12.4. The number of nitriles is 1. The van der Waals surface area contributed by atoms with E-state index in [9.17, 15) is 13.2 Å². The third-order valence-electron chi connectivity index (χ3n) is 5.10. The summed E-state index contributed by atoms with van der Waals surface area (Å²) < 4.78 is 34.0. The number of sulfonamides is 1. The van der Waals surface area contributed by atoms with Crippen molar-refractivity contribution >= 4 is 38.6 Å². The van der Waals surface area contributed by atoms with Crippen molar-refractivity contribution in [1.82, 2.24) is 20.0 Å². The second-order valence-corrected chi connectivity index (χ2v) is 9.84. The number of carbonyl (C=O) groups excluding carboxylic acids is 1. The van der Waals surface area contributed by atoms with E-state index in [0.717, 1.165) is 16.8 Å². The number of nitrogens with zero attached hydrogens (tertiary/aromatic N) is 3. The van der Waals surface area contributed by atoms with Gasteiger partial charge < -0.3 is 9.73 Å². The maximum atomic E-state index is 12.9. The summed E-state index contributed by atoms with van der Waals surface area (Å²) in [4.78, 5) is 21.2. The molecule has 2 aromatic carbocycles. The summed E-state index contributed by atoms with van der Waals surface area (Å²) in [5, 5.41) is 11.4. The molecular formula is C24H20ClN5O4S. The summed E-state index contributed by atoms with van der Waals surface area (Å²) in [6.45, 7) is 1.62. The van der Waals surface area contributed by atoms with Crippen LogP contribution in [0.25, 0.3) is 22.2 Å². The minimum atomic E-state index is -4.10. The highest BCUT2D eigenvalue weighted by Gasteiger charge is 2.28.